The van der Waals surface area contributed by atoms with Crippen molar-refractivity contribution in [2.45, 2.75) is 19.6 Å². The first-order valence-corrected chi connectivity index (χ1v) is 14.3. The maximum atomic E-state index is 4.47. The summed E-state index contributed by atoms with van der Waals surface area (Å²) >= 11 is -0.222. The molecule has 3 aromatic carbocycles. The highest BCUT2D eigenvalue weighted by Crippen LogP contribution is 2.16. The third-order valence-electron chi connectivity index (χ3n) is 4.29. The van der Waals surface area contributed by atoms with Crippen LogP contribution in [0.15, 0.2) is 72.8 Å². The normalized spacial score (nSPS) is 11.8. The van der Waals surface area contributed by atoms with E-state index >= 15 is 0 Å². The molecule has 0 radical (unpaired) electrons. The molecule has 0 N–H and O–H groups in total. The molecule has 26 heavy (non-hydrogen) atoms. The maximum Gasteiger partial charge on any atom is 0.357 e. The quantitative estimate of drug-likeness (QED) is 0.331. The summed E-state index contributed by atoms with van der Waals surface area (Å²) < 4.78 is 4.89. The second-order valence-electron chi connectivity index (χ2n) is 7.30. The average Bonchev–Trinajstić information content (AvgIpc) is 3.05. The molecule has 0 atom stereocenters. The van der Waals surface area contributed by atoms with Crippen LogP contribution in [0.25, 0.3) is 16.7 Å². The molecular formula is C21H21IN3Si+. The van der Waals surface area contributed by atoms with Gasteiger partial charge < -0.3 is 0 Å². The van der Waals surface area contributed by atoms with E-state index in [0.717, 1.165) is 16.7 Å². The van der Waals surface area contributed by atoms with Crippen LogP contribution in [-0.4, -0.2) is 23.1 Å². The lowest BCUT2D eigenvalue weighted by atomic mass is 10.3. The van der Waals surface area contributed by atoms with E-state index in [2.05, 4.69) is 84.6 Å². The van der Waals surface area contributed by atoms with Gasteiger partial charge in [-0.2, -0.15) is 0 Å². The lowest BCUT2D eigenvalue weighted by Crippen LogP contribution is -3.62. The Morgan fingerprint density at radius 2 is 1.50 bits per heavy atom. The van der Waals surface area contributed by atoms with E-state index in [9.17, 15) is 0 Å². The van der Waals surface area contributed by atoms with Gasteiger partial charge in [0.15, 0.2) is 7.14 Å². The van der Waals surface area contributed by atoms with E-state index in [0.29, 0.717) is 0 Å². The minimum absolute atomic E-state index is 0.222. The van der Waals surface area contributed by atoms with Crippen LogP contribution in [0.4, 0.5) is 0 Å². The van der Waals surface area contributed by atoms with Crippen LogP contribution in [-0.2, 0) is 0 Å². The van der Waals surface area contributed by atoms with Crippen LogP contribution in [0.5, 0.6) is 0 Å². The molecule has 0 saturated carbocycles. The average molecular weight is 470 g/mol. The molecule has 0 unspecified atom stereocenters. The van der Waals surface area contributed by atoms with Crippen molar-refractivity contribution in [3.8, 4) is 5.69 Å². The number of nitrogens with zero attached hydrogens (tertiary/aromatic N) is 3. The molecule has 1 aromatic heterocycles. The first kappa shape index (κ1) is 17.4. The van der Waals surface area contributed by atoms with Gasteiger partial charge in [-0.3, -0.25) is 0 Å². The molecule has 1 heterocycles. The van der Waals surface area contributed by atoms with Gasteiger partial charge in [-0.1, -0.05) is 61.3 Å². The molecule has 4 aromatic rings. The Kier molecular flexibility index (Phi) is 4.66. The van der Waals surface area contributed by atoms with Gasteiger partial charge in [0.25, 0.3) is 0 Å². The van der Waals surface area contributed by atoms with Crippen LogP contribution < -0.4 is 26.4 Å². The summed E-state index contributed by atoms with van der Waals surface area (Å²) in [5.41, 5.74) is 3.15. The first-order valence-electron chi connectivity index (χ1n) is 8.67. The van der Waals surface area contributed by atoms with Crippen molar-refractivity contribution < 1.29 is 21.2 Å². The number of halogens is 1. The lowest BCUT2D eigenvalue weighted by molar-refractivity contribution is -0.595. The number of benzene rings is 3. The highest BCUT2D eigenvalue weighted by molar-refractivity contribution is 6.88. The molecule has 0 saturated heterocycles. The zero-order chi connectivity index (χ0) is 18.1. The molecule has 5 heteroatoms. The van der Waals surface area contributed by atoms with E-state index in [4.69, 9.17) is 0 Å². The first-order chi connectivity index (χ1) is 12.5. The van der Waals surface area contributed by atoms with Crippen LogP contribution >= 0.6 is 0 Å². The Balaban J connectivity index is 1.88. The minimum Gasteiger partial charge on any atom is -0.213 e. The molecule has 0 aliphatic heterocycles. The Morgan fingerprint density at radius 3 is 2.15 bits per heavy atom. The van der Waals surface area contributed by atoms with Crippen molar-refractivity contribution in [1.29, 1.82) is 0 Å². The van der Waals surface area contributed by atoms with Gasteiger partial charge in [-0.05, 0) is 35.5 Å². The Labute approximate surface area is 165 Å². The second kappa shape index (κ2) is 6.96. The molecule has 0 aliphatic carbocycles. The number of para-hydroxylation sites is 1. The highest BCUT2D eigenvalue weighted by atomic mass is 127. The number of hydrogen-bond donors (Lipinski definition) is 0. The zero-order valence-corrected chi connectivity index (χ0v) is 18.3. The summed E-state index contributed by atoms with van der Waals surface area (Å²) in [5, 5.41) is 10.4. The largest absolute Gasteiger partial charge is 0.357 e. The smallest absolute Gasteiger partial charge is 0.213 e. The molecule has 0 spiro atoms. The number of fused-ring (bicyclic) bond motifs is 1. The number of aromatic nitrogens is 3. The summed E-state index contributed by atoms with van der Waals surface area (Å²) in [5.74, 6) is 0. The van der Waals surface area contributed by atoms with Gasteiger partial charge in [-0.15, -0.1) is 5.10 Å². The predicted molar refractivity (Wildman–Crippen MR) is 106 cm³/mol. The van der Waals surface area contributed by atoms with E-state index < -0.39 is 8.07 Å². The monoisotopic (exact) mass is 470 g/mol. The van der Waals surface area contributed by atoms with Crippen molar-refractivity contribution in [1.82, 2.24) is 15.0 Å². The summed E-state index contributed by atoms with van der Waals surface area (Å²) in [6.07, 6.45) is 0. The van der Waals surface area contributed by atoms with Crippen molar-refractivity contribution in [2.24, 2.45) is 0 Å². The number of rotatable bonds is 4. The van der Waals surface area contributed by atoms with Gasteiger partial charge in [0.1, 0.15) is 5.52 Å². The van der Waals surface area contributed by atoms with E-state index in [1.54, 1.807) is 0 Å². The van der Waals surface area contributed by atoms with Gasteiger partial charge in [0, 0.05) is 6.07 Å². The van der Waals surface area contributed by atoms with Crippen molar-refractivity contribution >= 4 is 24.3 Å². The Morgan fingerprint density at radius 1 is 0.846 bits per heavy atom. The fraction of sp³-hybridized carbons (Fsp3) is 0.143. The summed E-state index contributed by atoms with van der Waals surface area (Å²) in [6, 6.07) is 25.7. The molecule has 130 valence electrons. The molecule has 0 amide bonds. The van der Waals surface area contributed by atoms with Crippen LogP contribution in [0.1, 0.15) is 0 Å². The summed E-state index contributed by atoms with van der Waals surface area (Å²) in [6.45, 7) is 7.26. The third-order valence-corrected chi connectivity index (χ3v) is 9.64. The van der Waals surface area contributed by atoms with E-state index in [1.165, 1.54) is 12.3 Å². The van der Waals surface area contributed by atoms with Crippen molar-refractivity contribution in [3.63, 3.8) is 0 Å². The molecule has 0 aliphatic rings. The highest BCUT2D eigenvalue weighted by Gasteiger charge is 2.30. The predicted octanol–water partition coefficient (Wildman–Crippen LogP) is 1.09. The molecule has 3 nitrogen and oxygen atoms in total. The fourth-order valence-electron chi connectivity index (χ4n) is 2.95. The van der Waals surface area contributed by atoms with Gasteiger partial charge in [0.2, 0.25) is 0 Å². The third kappa shape index (κ3) is 3.46. The standard InChI is InChI=1S/C21H21IN3Si/c1-26(2,3)21-15-20-19(14-18(21)22-16-10-6-4-7-11-16)23-24-25(20)17-12-8-5-9-13-17/h4-15H,1-3H3/q+1. The van der Waals surface area contributed by atoms with Crippen molar-refractivity contribution in [3.05, 3.63) is 79.9 Å². The second-order valence-corrected chi connectivity index (χ2v) is 15.3. The molecule has 0 fully saturated rings. The van der Waals surface area contributed by atoms with E-state index in [-0.39, 0.29) is 21.2 Å². The van der Waals surface area contributed by atoms with Gasteiger partial charge >= 0.3 is 21.2 Å². The van der Waals surface area contributed by atoms with Crippen LogP contribution in [0, 0.1) is 7.14 Å². The Hall–Kier alpha value is -1.99. The van der Waals surface area contributed by atoms with Gasteiger partial charge in [0.05, 0.1) is 19.3 Å². The van der Waals surface area contributed by atoms with E-state index in [1.807, 2.05) is 22.9 Å². The maximum absolute atomic E-state index is 4.47. The minimum atomic E-state index is -1.49. The van der Waals surface area contributed by atoms with Crippen LogP contribution in [0.3, 0.4) is 0 Å². The van der Waals surface area contributed by atoms with Gasteiger partial charge in [-0.25, -0.2) is 4.68 Å². The fourth-order valence-corrected chi connectivity index (χ4v) is 9.40. The van der Waals surface area contributed by atoms with Crippen LogP contribution in [0.2, 0.25) is 19.6 Å². The zero-order valence-electron chi connectivity index (χ0n) is 15.1. The number of hydrogen-bond acceptors (Lipinski definition) is 2. The Bertz CT molecular complexity index is 1040. The summed E-state index contributed by atoms with van der Waals surface area (Å²) in [4.78, 5) is 0. The SMILES string of the molecule is C[Si](C)(C)c1cc2c(cc1[I+]c1ccccc1)nnn2-c1ccccc1. The van der Waals surface area contributed by atoms with Crippen molar-refractivity contribution in [2.75, 3.05) is 0 Å². The topological polar surface area (TPSA) is 30.7 Å². The lowest BCUT2D eigenvalue weighted by Gasteiger charge is -2.16. The molecular weight excluding hydrogens is 449 g/mol. The molecule has 4 rings (SSSR count). The summed E-state index contributed by atoms with van der Waals surface area (Å²) in [7, 11) is -1.49. The molecule has 0 bridgehead atoms.